The van der Waals surface area contributed by atoms with E-state index in [2.05, 4.69) is 5.10 Å². The molecule has 1 rings (SSSR count). The van der Waals surface area contributed by atoms with E-state index in [4.69, 9.17) is 0 Å². The number of nitrogens with zero attached hydrogens (tertiary/aromatic N) is 2. The molecule has 0 spiro atoms. The number of rotatable bonds is 3. The molecular formula is C8H13FN2O2S. The first-order valence-corrected chi connectivity index (χ1v) is 5.85. The third kappa shape index (κ3) is 2.31. The van der Waals surface area contributed by atoms with Crippen LogP contribution in [-0.2, 0) is 22.5 Å². The van der Waals surface area contributed by atoms with Crippen LogP contribution in [0.25, 0.3) is 0 Å². The van der Waals surface area contributed by atoms with Gasteiger partial charge >= 0.3 is 10.2 Å². The fraction of sp³-hybridized carbons (Fsp3) is 0.625. The van der Waals surface area contributed by atoms with Gasteiger partial charge in [0.05, 0.1) is 5.69 Å². The van der Waals surface area contributed by atoms with E-state index in [0.717, 1.165) is 0 Å². The average molecular weight is 220 g/mol. The lowest BCUT2D eigenvalue weighted by atomic mass is 10.2. The summed E-state index contributed by atoms with van der Waals surface area (Å²) in [6.45, 7) is 5.97. The van der Waals surface area contributed by atoms with Gasteiger partial charge in [-0.25, -0.2) is 0 Å². The van der Waals surface area contributed by atoms with Gasteiger partial charge in [0, 0.05) is 17.8 Å². The van der Waals surface area contributed by atoms with Crippen LogP contribution in [0.5, 0.6) is 0 Å². The summed E-state index contributed by atoms with van der Waals surface area (Å²) in [5, 5.41) is 4.10. The van der Waals surface area contributed by atoms with Crippen LogP contribution in [0.15, 0.2) is 0 Å². The lowest BCUT2D eigenvalue weighted by molar-refractivity contribution is 0.550. The van der Waals surface area contributed by atoms with E-state index in [1.165, 1.54) is 0 Å². The second kappa shape index (κ2) is 3.68. The van der Waals surface area contributed by atoms with Gasteiger partial charge < -0.3 is 0 Å². The molecule has 0 aliphatic rings. The zero-order chi connectivity index (χ0) is 10.9. The van der Waals surface area contributed by atoms with E-state index in [9.17, 15) is 12.3 Å². The zero-order valence-corrected chi connectivity index (χ0v) is 9.23. The van der Waals surface area contributed by atoms with E-state index < -0.39 is 16.0 Å². The van der Waals surface area contributed by atoms with Gasteiger partial charge in [-0.1, -0.05) is 0 Å². The first-order chi connectivity index (χ1) is 6.35. The molecule has 1 aromatic heterocycles. The lowest BCUT2D eigenvalue weighted by Crippen LogP contribution is -2.01. The van der Waals surface area contributed by atoms with Gasteiger partial charge in [0.15, 0.2) is 0 Å². The Morgan fingerprint density at radius 2 is 2.00 bits per heavy atom. The van der Waals surface area contributed by atoms with Crippen LogP contribution >= 0.6 is 0 Å². The number of hydrogen-bond donors (Lipinski definition) is 0. The third-order valence-electron chi connectivity index (χ3n) is 2.15. The average Bonchev–Trinajstić information content (AvgIpc) is 2.29. The van der Waals surface area contributed by atoms with Crippen molar-refractivity contribution >= 4 is 10.2 Å². The standard InChI is InChI=1S/C8H13FN2O2S/c1-4-11-7(3)8(6(2)10-11)5-14(9,12)13/h4-5H2,1-3H3. The van der Waals surface area contributed by atoms with Crippen LogP contribution in [0.3, 0.4) is 0 Å². The molecule has 0 radical (unpaired) electrons. The van der Waals surface area contributed by atoms with Crippen molar-refractivity contribution in [3.05, 3.63) is 17.0 Å². The Kier molecular flexibility index (Phi) is 2.94. The van der Waals surface area contributed by atoms with E-state index in [1.54, 1.807) is 18.5 Å². The Balaban J connectivity index is 3.15. The van der Waals surface area contributed by atoms with Crippen molar-refractivity contribution in [1.82, 2.24) is 9.78 Å². The van der Waals surface area contributed by atoms with Crippen molar-refractivity contribution in [2.75, 3.05) is 0 Å². The van der Waals surface area contributed by atoms with Gasteiger partial charge in [-0.15, -0.1) is 3.89 Å². The maximum Gasteiger partial charge on any atom is 0.306 e. The molecule has 0 fully saturated rings. The normalized spacial score (nSPS) is 12.0. The van der Waals surface area contributed by atoms with Gasteiger partial charge in [0.2, 0.25) is 0 Å². The van der Waals surface area contributed by atoms with E-state index in [1.807, 2.05) is 6.92 Å². The Morgan fingerprint density at radius 1 is 1.43 bits per heavy atom. The van der Waals surface area contributed by atoms with Gasteiger partial charge in [0.1, 0.15) is 5.75 Å². The maximum absolute atomic E-state index is 12.5. The highest BCUT2D eigenvalue weighted by atomic mass is 32.3. The quantitative estimate of drug-likeness (QED) is 0.722. The molecule has 0 atom stereocenters. The van der Waals surface area contributed by atoms with Crippen LogP contribution in [0.1, 0.15) is 23.9 Å². The summed E-state index contributed by atoms with van der Waals surface area (Å²) in [6.07, 6.45) is 0. The van der Waals surface area contributed by atoms with Crippen LogP contribution in [0.2, 0.25) is 0 Å². The summed E-state index contributed by atoms with van der Waals surface area (Å²) in [5.74, 6) is -0.579. The fourth-order valence-corrected chi connectivity index (χ4v) is 2.19. The topological polar surface area (TPSA) is 52.0 Å². The van der Waals surface area contributed by atoms with E-state index in [-0.39, 0.29) is 0 Å². The van der Waals surface area contributed by atoms with Crippen LogP contribution in [0.4, 0.5) is 3.89 Å². The molecule has 1 heterocycles. The molecule has 0 amide bonds. The molecule has 80 valence electrons. The highest BCUT2D eigenvalue weighted by Gasteiger charge is 2.17. The SMILES string of the molecule is CCn1nc(C)c(CS(=O)(=O)F)c1C. The smallest absolute Gasteiger partial charge is 0.270 e. The Labute approximate surface area is 82.9 Å². The largest absolute Gasteiger partial charge is 0.306 e. The molecular weight excluding hydrogens is 207 g/mol. The first-order valence-electron chi connectivity index (χ1n) is 4.30. The van der Waals surface area contributed by atoms with Crippen LogP contribution in [0, 0.1) is 13.8 Å². The van der Waals surface area contributed by atoms with Crippen LogP contribution in [-0.4, -0.2) is 18.2 Å². The molecule has 0 unspecified atom stereocenters. The monoisotopic (exact) mass is 220 g/mol. The molecule has 0 aromatic carbocycles. The minimum Gasteiger partial charge on any atom is -0.270 e. The van der Waals surface area contributed by atoms with Gasteiger partial charge in [0.25, 0.3) is 0 Å². The van der Waals surface area contributed by atoms with Crippen LogP contribution < -0.4 is 0 Å². The van der Waals surface area contributed by atoms with Gasteiger partial charge in [-0.2, -0.15) is 13.5 Å². The summed E-state index contributed by atoms with van der Waals surface area (Å²) in [4.78, 5) is 0. The molecule has 0 aliphatic carbocycles. The van der Waals surface area contributed by atoms with Crippen molar-refractivity contribution in [1.29, 1.82) is 0 Å². The summed E-state index contributed by atoms with van der Waals surface area (Å²) in [6, 6.07) is 0. The highest BCUT2D eigenvalue weighted by Crippen LogP contribution is 2.16. The van der Waals surface area contributed by atoms with E-state index >= 15 is 0 Å². The predicted molar refractivity (Wildman–Crippen MR) is 51.1 cm³/mol. The number of aromatic nitrogens is 2. The highest BCUT2D eigenvalue weighted by molar-refractivity contribution is 7.85. The molecule has 0 saturated heterocycles. The minimum atomic E-state index is -4.47. The maximum atomic E-state index is 12.5. The summed E-state index contributed by atoms with van der Waals surface area (Å²) < 4.78 is 35.1. The Morgan fingerprint density at radius 3 is 2.36 bits per heavy atom. The summed E-state index contributed by atoms with van der Waals surface area (Å²) in [7, 11) is -4.47. The van der Waals surface area contributed by atoms with Crippen molar-refractivity contribution in [2.24, 2.45) is 0 Å². The zero-order valence-electron chi connectivity index (χ0n) is 8.41. The van der Waals surface area contributed by atoms with Crippen molar-refractivity contribution < 1.29 is 12.3 Å². The molecule has 0 bridgehead atoms. The summed E-state index contributed by atoms with van der Waals surface area (Å²) in [5.41, 5.74) is 1.76. The molecule has 1 aromatic rings. The molecule has 0 saturated carbocycles. The molecule has 0 aliphatic heterocycles. The molecule has 6 heteroatoms. The van der Waals surface area contributed by atoms with Gasteiger partial charge in [-0.3, -0.25) is 4.68 Å². The second-order valence-electron chi connectivity index (χ2n) is 3.15. The Hall–Kier alpha value is -0.910. The number of hydrogen-bond acceptors (Lipinski definition) is 3. The molecule has 0 N–H and O–H groups in total. The van der Waals surface area contributed by atoms with Gasteiger partial charge in [-0.05, 0) is 20.8 Å². The molecule has 4 nitrogen and oxygen atoms in total. The summed E-state index contributed by atoms with van der Waals surface area (Å²) >= 11 is 0. The fourth-order valence-electron chi connectivity index (χ4n) is 1.42. The second-order valence-corrected chi connectivity index (χ2v) is 4.51. The Bertz CT molecular complexity index is 436. The van der Waals surface area contributed by atoms with E-state index in [0.29, 0.717) is 23.5 Å². The number of aryl methyl sites for hydroxylation is 2. The first kappa shape index (κ1) is 11.2. The molecule has 14 heavy (non-hydrogen) atoms. The third-order valence-corrected chi connectivity index (χ3v) is 2.78. The van der Waals surface area contributed by atoms with Crippen molar-refractivity contribution in [2.45, 2.75) is 33.1 Å². The minimum absolute atomic E-state index is 0.467. The van der Waals surface area contributed by atoms with Crippen molar-refractivity contribution in [3.63, 3.8) is 0 Å². The predicted octanol–water partition coefficient (Wildman–Crippen LogP) is 1.32. The van der Waals surface area contributed by atoms with Crippen molar-refractivity contribution in [3.8, 4) is 0 Å². The lowest BCUT2D eigenvalue weighted by Gasteiger charge is -1.99. The number of halogens is 1.